The predicted octanol–water partition coefficient (Wildman–Crippen LogP) is 8.00. The van der Waals surface area contributed by atoms with Crippen LogP contribution in [0.4, 0.5) is 5.69 Å². The van der Waals surface area contributed by atoms with Crippen molar-refractivity contribution in [3.8, 4) is 11.5 Å². The van der Waals surface area contributed by atoms with Crippen molar-refractivity contribution in [2.24, 2.45) is 23.7 Å². The van der Waals surface area contributed by atoms with Gasteiger partial charge in [-0.25, -0.2) is 0 Å². The Bertz CT molecular complexity index is 2350. The second-order valence-electron chi connectivity index (χ2n) is 14.6. The van der Waals surface area contributed by atoms with Gasteiger partial charge < -0.3 is 9.84 Å². The number of allylic oxidation sites excluding steroid dienone is 4. The maximum absolute atomic E-state index is 15.3. The Kier molecular flexibility index (Phi) is 8.22. The number of ketones is 2. The van der Waals surface area contributed by atoms with Gasteiger partial charge in [-0.05, 0) is 59.7 Å². The molecule has 9 rings (SSSR count). The SMILES string of the molecule is O=C1C(c2ccccc2)=CC(=O)[C@@]2(c3ccccc3)[C@@H](c3ccc(OCc4ccccc4)cc3O)C3=CC[C@@H]4C(=O)N(c5ccccc5)C(=O)[C@@H]4[C@@H]3C[C@@H]12. The van der Waals surface area contributed by atoms with Crippen molar-refractivity contribution in [3.05, 3.63) is 180 Å². The van der Waals surface area contributed by atoms with Crippen LogP contribution in [0.25, 0.3) is 5.57 Å². The topological polar surface area (TPSA) is 101 Å². The molecule has 1 N–H and O–H groups in total. The van der Waals surface area contributed by atoms with Gasteiger partial charge in [-0.15, -0.1) is 0 Å². The fourth-order valence-electron chi connectivity index (χ4n) is 9.65. The standard InChI is InChI=1S/C47H37NO6/c49-40-25-33(54-28-29-13-5-1-6-14-29)21-22-35(40)43-34-23-24-36-42(46(53)48(45(36)52)32-19-11-4-12-20-32)38(34)26-39-44(51)37(30-15-7-2-8-16-30)27-41(50)47(39,43)31-17-9-3-10-18-31/h1-23,25,27,36,38-39,42-43,49H,24,26,28H2/t36-,38+,39-,42-,43+,47-/m0/s1. The number of imide groups is 1. The summed E-state index contributed by atoms with van der Waals surface area (Å²) in [7, 11) is 0. The van der Waals surface area contributed by atoms with Gasteiger partial charge in [0.05, 0.1) is 22.9 Å². The zero-order valence-corrected chi connectivity index (χ0v) is 29.4. The van der Waals surface area contributed by atoms with Crippen LogP contribution in [0.2, 0.25) is 0 Å². The number of anilines is 1. The number of fused-ring (bicyclic) bond motifs is 4. The first-order valence-electron chi connectivity index (χ1n) is 18.4. The van der Waals surface area contributed by atoms with E-state index in [2.05, 4.69) is 0 Å². The maximum Gasteiger partial charge on any atom is 0.238 e. The Morgan fingerprint density at radius 3 is 2.06 bits per heavy atom. The number of para-hydroxylation sites is 1. The van der Waals surface area contributed by atoms with Gasteiger partial charge in [0, 0.05) is 29.0 Å². The fraction of sp³-hybridized carbons (Fsp3) is 0.191. The van der Waals surface area contributed by atoms with Crippen LogP contribution < -0.4 is 9.64 Å². The summed E-state index contributed by atoms with van der Waals surface area (Å²) in [6.45, 7) is 0.295. The minimum atomic E-state index is -1.44. The summed E-state index contributed by atoms with van der Waals surface area (Å²) in [4.78, 5) is 60.3. The van der Waals surface area contributed by atoms with E-state index in [1.165, 1.54) is 11.0 Å². The van der Waals surface area contributed by atoms with E-state index in [4.69, 9.17) is 4.74 Å². The Balaban J connectivity index is 1.23. The van der Waals surface area contributed by atoms with Gasteiger partial charge in [-0.1, -0.05) is 127 Å². The Morgan fingerprint density at radius 1 is 0.722 bits per heavy atom. The van der Waals surface area contributed by atoms with Gasteiger partial charge in [-0.3, -0.25) is 24.1 Å². The van der Waals surface area contributed by atoms with Crippen LogP contribution in [0.5, 0.6) is 11.5 Å². The lowest BCUT2D eigenvalue weighted by molar-refractivity contribution is -0.135. The molecule has 1 saturated carbocycles. The lowest BCUT2D eigenvalue weighted by atomic mass is 9.44. The highest BCUT2D eigenvalue weighted by Crippen LogP contribution is 2.64. The van der Waals surface area contributed by atoms with Gasteiger partial charge in [-0.2, -0.15) is 0 Å². The number of hydrogen-bond acceptors (Lipinski definition) is 6. The van der Waals surface area contributed by atoms with Crippen LogP contribution in [0.3, 0.4) is 0 Å². The van der Waals surface area contributed by atoms with E-state index in [-0.39, 0.29) is 35.6 Å². The number of phenols is 1. The summed E-state index contributed by atoms with van der Waals surface area (Å²) in [6.07, 6.45) is 3.97. The molecular formula is C47H37NO6. The average Bonchev–Trinajstić information content (AvgIpc) is 3.48. The third kappa shape index (κ3) is 5.17. The molecule has 1 heterocycles. The molecule has 1 aliphatic heterocycles. The molecule has 54 heavy (non-hydrogen) atoms. The molecule has 2 fully saturated rings. The van der Waals surface area contributed by atoms with Crippen LogP contribution in [-0.4, -0.2) is 28.5 Å². The summed E-state index contributed by atoms with van der Waals surface area (Å²) in [6, 6.07) is 42.3. The predicted molar refractivity (Wildman–Crippen MR) is 204 cm³/mol. The second-order valence-corrected chi connectivity index (χ2v) is 14.6. The monoisotopic (exact) mass is 711 g/mol. The van der Waals surface area contributed by atoms with Crippen LogP contribution in [-0.2, 0) is 31.2 Å². The highest BCUT2D eigenvalue weighted by molar-refractivity contribution is 6.32. The molecular weight excluding hydrogens is 675 g/mol. The van der Waals surface area contributed by atoms with Gasteiger partial charge >= 0.3 is 0 Å². The van der Waals surface area contributed by atoms with E-state index in [0.717, 1.165) is 11.1 Å². The summed E-state index contributed by atoms with van der Waals surface area (Å²) >= 11 is 0. The number of hydrogen-bond donors (Lipinski definition) is 1. The Hall–Kier alpha value is -6.34. The van der Waals surface area contributed by atoms with Gasteiger partial charge in [0.2, 0.25) is 11.8 Å². The first-order valence-corrected chi connectivity index (χ1v) is 18.4. The van der Waals surface area contributed by atoms with E-state index in [1.54, 1.807) is 42.5 Å². The third-order valence-electron chi connectivity index (χ3n) is 12.0. The molecule has 0 aromatic heterocycles. The highest BCUT2D eigenvalue weighted by Gasteiger charge is 2.66. The molecule has 7 nitrogen and oxygen atoms in total. The number of nitrogens with zero attached hydrogens (tertiary/aromatic N) is 1. The number of benzene rings is 5. The van der Waals surface area contributed by atoms with Crippen LogP contribution >= 0.6 is 0 Å². The van der Waals surface area contributed by atoms with Crippen molar-refractivity contribution in [1.29, 1.82) is 0 Å². The molecule has 4 aliphatic rings. The first kappa shape index (κ1) is 33.5. The fourth-order valence-corrected chi connectivity index (χ4v) is 9.65. The van der Waals surface area contributed by atoms with Crippen molar-refractivity contribution < 1.29 is 29.0 Å². The largest absolute Gasteiger partial charge is 0.508 e. The van der Waals surface area contributed by atoms with Crippen molar-refractivity contribution in [1.82, 2.24) is 0 Å². The molecule has 266 valence electrons. The number of ether oxygens (including phenoxy) is 1. The quantitative estimate of drug-likeness (QED) is 0.136. The molecule has 5 aromatic carbocycles. The molecule has 0 radical (unpaired) electrons. The van der Waals surface area contributed by atoms with E-state index < -0.39 is 35.0 Å². The van der Waals surface area contributed by atoms with E-state index in [1.807, 2.05) is 103 Å². The van der Waals surface area contributed by atoms with E-state index in [0.29, 0.717) is 46.7 Å². The minimum Gasteiger partial charge on any atom is -0.508 e. The summed E-state index contributed by atoms with van der Waals surface area (Å²) in [5, 5.41) is 12.0. The maximum atomic E-state index is 15.3. The zero-order valence-electron chi connectivity index (χ0n) is 29.4. The molecule has 7 heteroatoms. The molecule has 0 spiro atoms. The second kappa shape index (κ2) is 13.3. The smallest absolute Gasteiger partial charge is 0.238 e. The first-order chi connectivity index (χ1) is 26.4. The van der Waals surface area contributed by atoms with Crippen LogP contribution in [0, 0.1) is 23.7 Å². The van der Waals surface area contributed by atoms with Crippen LogP contribution in [0.1, 0.15) is 41.0 Å². The molecule has 0 bridgehead atoms. The van der Waals surface area contributed by atoms with E-state index >= 15 is 9.59 Å². The van der Waals surface area contributed by atoms with Gasteiger partial charge in [0.15, 0.2) is 11.6 Å². The van der Waals surface area contributed by atoms with E-state index in [9.17, 15) is 14.7 Å². The minimum absolute atomic E-state index is 0.0823. The average molecular weight is 712 g/mol. The Labute approximate surface area is 313 Å². The van der Waals surface area contributed by atoms with Crippen LogP contribution in [0.15, 0.2) is 157 Å². The number of amides is 2. The molecule has 3 aliphatic carbocycles. The molecule has 5 aromatic rings. The Morgan fingerprint density at radius 2 is 1.37 bits per heavy atom. The lowest BCUT2D eigenvalue weighted by Crippen LogP contribution is -2.58. The summed E-state index contributed by atoms with van der Waals surface area (Å²) < 4.78 is 6.08. The number of Topliss-reactive ketones (excluding diaryl/α,β-unsaturated/α-hetero) is 1. The van der Waals surface area contributed by atoms with Crippen molar-refractivity contribution in [2.45, 2.75) is 30.8 Å². The van der Waals surface area contributed by atoms with Crippen molar-refractivity contribution in [2.75, 3.05) is 4.90 Å². The normalized spacial score (nSPS) is 26.0. The number of carbonyl (C=O) groups excluding carboxylic acids is 4. The number of phenolic OH excluding ortho intramolecular Hbond substituents is 1. The third-order valence-corrected chi connectivity index (χ3v) is 12.0. The molecule has 2 amide bonds. The molecule has 0 unspecified atom stereocenters. The number of carbonyl (C=O) groups is 4. The van der Waals surface area contributed by atoms with Crippen molar-refractivity contribution in [3.63, 3.8) is 0 Å². The highest BCUT2D eigenvalue weighted by atomic mass is 16.5. The number of rotatable bonds is 7. The lowest BCUT2D eigenvalue weighted by Gasteiger charge is -2.55. The summed E-state index contributed by atoms with van der Waals surface area (Å²) in [5.74, 6) is -4.27. The van der Waals surface area contributed by atoms with Crippen molar-refractivity contribution >= 4 is 34.6 Å². The number of aromatic hydroxyl groups is 1. The molecule has 6 atom stereocenters. The summed E-state index contributed by atoms with van der Waals surface area (Å²) in [5.41, 5.74) is 2.91. The zero-order chi connectivity index (χ0) is 37.0. The molecule has 1 saturated heterocycles. The van der Waals surface area contributed by atoms with Gasteiger partial charge in [0.1, 0.15) is 18.1 Å². The van der Waals surface area contributed by atoms with Gasteiger partial charge in [0.25, 0.3) is 0 Å².